The van der Waals surface area contributed by atoms with Crippen molar-refractivity contribution in [1.29, 1.82) is 0 Å². The van der Waals surface area contributed by atoms with E-state index in [1.165, 1.54) is 0 Å². The number of para-hydroxylation sites is 1. The van der Waals surface area contributed by atoms with E-state index in [0.29, 0.717) is 5.75 Å². The molecule has 6 nitrogen and oxygen atoms in total. The SMILES string of the molecule is C[C@H](Oc1ccccc1)C(=O)Nc1ccc2nc(N3CCOCC3)sc2c1. The normalized spacial score (nSPS) is 15.5. The van der Waals surface area contributed by atoms with Crippen LogP contribution in [0.2, 0.25) is 0 Å². The maximum Gasteiger partial charge on any atom is 0.265 e. The van der Waals surface area contributed by atoms with Crippen LogP contribution < -0.4 is 15.0 Å². The van der Waals surface area contributed by atoms with Gasteiger partial charge < -0.3 is 19.7 Å². The van der Waals surface area contributed by atoms with Gasteiger partial charge in [-0.2, -0.15) is 0 Å². The van der Waals surface area contributed by atoms with E-state index in [-0.39, 0.29) is 5.91 Å². The summed E-state index contributed by atoms with van der Waals surface area (Å²) in [5.74, 6) is 0.490. The van der Waals surface area contributed by atoms with Crippen molar-refractivity contribution in [3.05, 3.63) is 48.5 Å². The predicted molar refractivity (Wildman–Crippen MR) is 108 cm³/mol. The maximum atomic E-state index is 12.4. The van der Waals surface area contributed by atoms with Crippen LogP contribution in [0.15, 0.2) is 48.5 Å². The van der Waals surface area contributed by atoms with Crippen LogP contribution in [0, 0.1) is 0 Å². The van der Waals surface area contributed by atoms with Crippen LogP contribution in [0.3, 0.4) is 0 Å². The van der Waals surface area contributed by atoms with Crippen molar-refractivity contribution in [2.24, 2.45) is 0 Å². The Morgan fingerprint density at radius 2 is 2.00 bits per heavy atom. The lowest BCUT2D eigenvalue weighted by atomic mass is 10.2. The molecule has 1 atom stereocenters. The van der Waals surface area contributed by atoms with Gasteiger partial charge in [-0.1, -0.05) is 29.5 Å². The summed E-state index contributed by atoms with van der Waals surface area (Å²) in [4.78, 5) is 19.4. The number of nitrogens with zero attached hydrogens (tertiary/aromatic N) is 2. The van der Waals surface area contributed by atoms with Crippen molar-refractivity contribution < 1.29 is 14.3 Å². The molecule has 2 heterocycles. The molecule has 1 aliphatic rings. The van der Waals surface area contributed by atoms with E-state index in [9.17, 15) is 4.79 Å². The fourth-order valence-electron chi connectivity index (χ4n) is 2.88. The number of aromatic nitrogens is 1. The van der Waals surface area contributed by atoms with Gasteiger partial charge in [0.1, 0.15) is 5.75 Å². The molecule has 1 saturated heterocycles. The summed E-state index contributed by atoms with van der Waals surface area (Å²) in [6.07, 6.45) is -0.589. The molecule has 0 saturated carbocycles. The molecule has 1 aliphatic heterocycles. The Balaban J connectivity index is 1.44. The topological polar surface area (TPSA) is 63.7 Å². The summed E-state index contributed by atoms with van der Waals surface area (Å²) in [6.45, 7) is 4.92. The largest absolute Gasteiger partial charge is 0.481 e. The zero-order chi connectivity index (χ0) is 18.6. The van der Waals surface area contributed by atoms with Crippen LogP contribution in [0.4, 0.5) is 10.8 Å². The molecule has 3 aromatic rings. The highest BCUT2D eigenvalue weighted by Crippen LogP contribution is 2.31. The second-order valence-electron chi connectivity index (χ2n) is 6.34. The molecule has 4 rings (SSSR count). The Morgan fingerprint density at radius 1 is 1.22 bits per heavy atom. The number of rotatable bonds is 5. The van der Waals surface area contributed by atoms with E-state index in [1.807, 2.05) is 48.5 Å². The fourth-order valence-corrected chi connectivity index (χ4v) is 3.94. The molecule has 27 heavy (non-hydrogen) atoms. The van der Waals surface area contributed by atoms with Gasteiger partial charge in [0.2, 0.25) is 0 Å². The second-order valence-corrected chi connectivity index (χ2v) is 7.35. The van der Waals surface area contributed by atoms with Gasteiger partial charge in [-0.3, -0.25) is 4.79 Å². The fraction of sp³-hybridized carbons (Fsp3) is 0.300. The highest BCUT2D eigenvalue weighted by Gasteiger charge is 2.17. The van der Waals surface area contributed by atoms with E-state index in [2.05, 4.69) is 10.2 Å². The first-order valence-corrected chi connectivity index (χ1v) is 9.76. The number of hydrogen-bond acceptors (Lipinski definition) is 6. The van der Waals surface area contributed by atoms with Crippen LogP contribution in [-0.2, 0) is 9.53 Å². The van der Waals surface area contributed by atoms with E-state index in [4.69, 9.17) is 14.5 Å². The van der Waals surface area contributed by atoms with Gasteiger partial charge in [0.25, 0.3) is 5.91 Å². The van der Waals surface area contributed by atoms with Crippen LogP contribution in [-0.4, -0.2) is 43.3 Å². The van der Waals surface area contributed by atoms with Crippen molar-refractivity contribution in [3.63, 3.8) is 0 Å². The highest BCUT2D eigenvalue weighted by molar-refractivity contribution is 7.22. The molecular weight excluding hydrogens is 362 g/mol. The summed E-state index contributed by atoms with van der Waals surface area (Å²) >= 11 is 1.63. The first-order chi connectivity index (χ1) is 13.2. The van der Waals surface area contributed by atoms with Crippen molar-refractivity contribution in [2.75, 3.05) is 36.5 Å². The second kappa shape index (κ2) is 7.94. The van der Waals surface area contributed by atoms with E-state index >= 15 is 0 Å². The number of morpholine rings is 1. The molecule has 140 valence electrons. The standard InChI is InChI=1S/C20H21N3O3S/c1-14(26-16-5-3-2-4-6-16)19(24)21-15-7-8-17-18(13-15)27-20(22-17)23-9-11-25-12-10-23/h2-8,13-14H,9-12H2,1H3,(H,21,24)/t14-/m0/s1. The van der Waals surface area contributed by atoms with Gasteiger partial charge in [-0.05, 0) is 37.3 Å². The average molecular weight is 383 g/mol. The Bertz CT molecular complexity index is 923. The number of anilines is 2. The number of carbonyl (C=O) groups is 1. The van der Waals surface area contributed by atoms with Gasteiger partial charge in [-0.15, -0.1) is 0 Å². The number of thiazole rings is 1. The Hall–Kier alpha value is -2.64. The molecule has 0 unspecified atom stereocenters. The van der Waals surface area contributed by atoms with Crippen molar-refractivity contribution in [2.45, 2.75) is 13.0 Å². The van der Waals surface area contributed by atoms with Gasteiger partial charge in [0.15, 0.2) is 11.2 Å². The van der Waals surface area contributed by atoms with Crippen molar-refractivity contribution >= 4 is 38.3 Å². The van der Waals surface area contributed by atoms with Crippen molar-refractivity contribution in [3.8, 4) is 5.75 Å². The third-order valence-corrected chi connectivity index (χ3v) is 5.43. The van der Waals surface area contributed by atoms with Crippen LogP contribution in [0.25, 0.3) is 10.2 Å². The molecule has 1 amide bonds. The number of nitrogens with one attached hydrogen (secondary N) is 1. The van der Waals surface area contributed by atoms with Gasteiger partial charge in [0, 0.05) is 18.8 Å². The molecule has 1 aromatic heterocycles. The molecule has 2 aromatic carbocycles. The minimum absolute atomic E-state index is 0.184. The third-order valence-electron chi connectivity index (χ3n) is 4.35. The van der Waals surface area contributed by atoms with Crippen LogP contribution >= 0.6 is 11.3 Å². The number of hydrogen-bond donors (Lipinski definition) is 1. The minimum atomic E-state index is -0.589. The predicted octanol–water partition coefficient (Wildman–Crippen LogP) is 3.54. The van der Waals surface area contributed by atoms with Gasteiger partial charge in [-0.25, -0.2) is 4.98 Å². The van der Waals surface area contributed by atoms with Crippen LogP contribution in [0.1, 0.15) is 6.92 Å². The van der Waals surface area contributed by atoms with Gasteiger partial charge >= 0.3 is 0 Å². The molecule has 0 bridgehead atoms. The summed E-state index contributed by atoms with van der Waals surface area (Å²) in [5.41, 5.74) is 1.68. The summed E-state index contributed by atoms with van der Waals surface area (Å²) in [7, 11) is 0. The number of ether oxygens (including phenoxy) is 2. The molecule has 0 spiro atoms. The zero-order valence-electron chi connectivity index (χ0n) is 15.1. The van der Waals surface area contributed by atoms with E-state index in [1.54, 1.807) is 18.3 Å². The molecule has 0 radical (unpaired) electrons. The quantitative estimate of drug-likeness (QED) is 0.730. The number of benzene rings is 2. The average Bonchev–Trinajstić information content (AvgIpc) is 3.13. The Kier molecular flexibility index (Phi) is 5.22. The molecule has 1 fully saturated rings. The maximum absolute atomic E-state index is 12.4. The number of amides is 1. The lowest BCUT2D eigenvalue weighted by Gasteiger charge is -2.25. The zero-order valence-corrected chi connectivity index (χ0v) is 15.9. The number of carbonyl (C=O) groups excluding carboxylic acids is 1. The number of fused-ring (bicyclic) bond motifs is 1. The molecule has 0 aliphatic carbocycles. The monoisotopic (exact) mass is 383 g/mol. The lowest BCUT2D eigenvalue weighted by molar-refractivity contribution is -0.122. The van der Waals surface area contributed by atoms with E-state index in [0.717, 1.165) is 47.3 Å². The van der Waals surface area contributed by atoms with Crippen LogP contribution in [0.5, 0.6) is 5.75 Å². The Morgan fingerprint density at radius 3 is 2.78 bits per heavy atom. The molecular formula is C20H21N3O3S. The smallest absolute Gasteiger partial charge is 0.265 e. The van der Waals surface area contributed by atoms with Gasteiger partial charge in [0.05, 0.1) is 23.4 Å². The Labute approximate surface area is 161 Å². The third kappa shape index (κ3) is 4.20. The minimum Gasteiger partial charge on any atom is -0.481 e. The molecule has 7 heteroatoms. The highest BCUT2D eigenvalue weighted by atomic mass is 32.1. The molecule has 1 N–H and O–H groups in total. The van der Waals surface area contributed by atoms with E-state index < -0.39 is 6.10 Å². The first kappa shape index (κ1) is 17.8. The lowest BCUT2D eigenvalue weighted by Crippen LogP contribution is -2.36. The summed E-state index contributed by atoms with van der Waals surface area (Å²) in [6, 6.07) is 15.1. The van der Waals surface area contributed by atoms with Crippen molar-refractivity contribution in [1.82, 2.24) is 4.98 Å². The first-order valence-electron chi connectivity index (χ1n) is 8.95. The summed E-state index contributed by atoms with van der Waals surface area (Å²) < 4.78 is 12.1. The summed E-state index contributed by atoms with van der Waals surface area (Å²) in [5, 5.41) is 3.92.